The number of hydrogen-bond donors (Lipinski definition) is 2. The molecule has 1 aliphatic carbocycles. The molecule has 0 saturated heterocycles. The Morgan fingerprint density at radius 2 is 1.93 bits per heavy atom. The van der Waals surface area contributed by atoms with E-state index in [1.807, 2.05) is 0 Å². The van der Waals surface area contributed by atoms with Crippen molar-refractivity contribution in [3.05, 3.63) is 0 Å². The molecule has 0 atom stereocenters. The van der Waals surface area contributed by atoms with Gasteiger partial charge in [0.15, 0.2) is 0 Å². The zero-order valence-corrected chi connectivity index (χ0v) is 10.0. The normalized spacial score (nSPS) is 19.7. The Bertz CT molecular complexity index is 171. The predicted molar refractivity (Wildman–Crippen MR) is 62.3 cm³/mol. The Kier molecular flexibility index (Phi) is 3.96. The zero-order valence-electron chi connectivity index (χ0n) is 10.0. The van der Waals surface area contributed by atoms with E-state index in [2.05, 4.69) is 26.1 Å². The van der Waals surface area contributed by atoms with Crippen molar-refractivity contribution in [1.29, 1.82) is 0 Å². The Balaban J connectivity index is 2.02. The molecule has 2 heteroatoms. The van der Waals surface area contributed by atoms with Crippen molar-refractivity contribution >= 4 is 0 Å². The minimum atomic E-state index is 0.431. The van der Waals surface area contributed by atoms with Crippen molar-refractivity contribution in [3.8, 4) is 0 Å². The third-order valence-electron chi connectivity index (χ3n) is 3.40. The van der Waals surface area contributed by atoms with Gasteiger partial charge in [-0.25, -0.2) is 0 Å². The van der Waals surface area contributed by atoms with Gasteiger partial charge in [-0.1, -0.05) is 13.8 Å². The second-order valence-electron chi connectivity index (χ2n) is 5.79. The van der Waals surface area contributed by atoms with E-state index < -0.39 is 0 Å². The lowest BCUT2D eigenvalue weighted by atomic mass is 9.84. The third kappa shape index (κ3) is 4.43. The summed E-state index contributed by atoms with van der Waals surface area (Å²) < 4.78 is 0. The van der Waals surface area contributed by atoms with Gasteiger partial charge in [-0.15, -0.1) is 0 Å². The van der Waals surface area contributed by atoms with Gasteiger partial charge in [-0.05, 0) is 57.5 Å². The molecule has 0 aromatic heterocycles. The summed E-state index contributed by atoms with van der Waals surface area (Å²) in [6.07, 6.45) is 6.43. The van der Waals surface area contributed by atoms with Gasteiger partial charge in [-0.3, -0.25) is 0 Å². The highest BCUT2D eigenvalue weighted by atomic mass is 15.0. The summed E-state index contributed by atoms with van der Waals surface area (Å²) in [7, 11) is 0. The molecule has 1 fully saturated rings. The minimum absolute atomic E-state index is 0.431. The Morgan fingerprint density at radius 1 is 1.29 bits per heavy atom. The third-order valence-corrected chi connectivity index (χ3v) is 3.40. The van der Waals surface area contributed by atoms with Gasteiger partial charge in [0.2, 0.25) is 0 Å². The van der Waals surface area contributed by atoms with Crippen LogP contribution in [-0.4, -0.2) is 18.6 Å². The highest BCUT2D eigenvalue weighted by Crippen LogP contribution is 2.34. The minimum Gasteiger partial charge on any atom is -0.330 e. The second kappa shape index (κ2) is 4.63. The predicted octanol–water partition coefficient (Wildman–Crippen LogP) is 2.28. The fraction of sp³-hybridized carbons (Fsp3) is 1.00. The van der Waals surface area contributed by atoms with Crippen LogP contribution in [0.15, 0.2) is 0 Å². The van der Waals surface area contributed by atoms with Gasteiger partial charge in [0.25, 0.3) is 0 Å². The van der Waals surface area contributed by atoms with Crippen LogP contribution in [0.3, 0.4) is 0 Å². The first kappa shape index (κ1) is 12.0. The molecule has 0 aromatic carbocycles. The number of rotatable bonds is 7. The van der Waals surface area contributed by atoms with Crippen molar-refractivity contribution < 1.29 is 0 Å². The van der Waals surface area contributed by atoms with Crippen molar-refractivity contribution in [2.75, 3.05) is 13.1 Å². The molecular weight excluding hydrogens is 172 g/mol. The second-order valence-corrected chi connectivity index (χ2v) is 5.79. The maximum Gasteiger partial charge on any atom is 0.0154 e. The van der Waals surface area contributed by atoms with Gasteiger partial charge in [0.1, 0.15) is 0 Å². The molecule has 0 bridgehead atoms. The van der Waals surface area contributed by atoms with E-state index in [-0.39, 0.29) is 0 Å². The van der Waals surface area contributed by atoms with Crippen LogP contribution in [-0.2, 0) is 0 Å². The molecule has 1 saturated carbocycles. The summed E-state index contributed by atoms with van der Waals surface area (Å²) in [4.78, 5) is 0. The van der Waals surface area contributed by atoms with Gasteiger partial charge in [0.05, 0.1) is 0 Å². The topological polar surface area (TPSA) is 38.0 Å². The average Bonchev–Trinajstić information content (AvgIpc) is 2.79. The van der Waals surface area contributed by atoms with E-state index in [1.165, 1.54) is 32.2 Å². The molecule has 0 unspecified atom stereocenters. The fourth-order valence-corrected chi connectivity index (χ4v) is 1.84. The molecular formula is C12H26N2. The molecule has 0 radical (unpaired) electrons. The smallest absolute Gasteiger partial charge is 0.0154 e. The first-order chi connectivity index (χ1) is 6.47. The average molecular weight is 198 g/mol. The summed E-state index contributed by atoms with van der Waals surface area (Å²) >= 11 is 0. The summed E-state index contributed by atoms with van der Waals surface area (Å²) in [6, 6.07) is 0. The quantitative estimate of drug-likeness (QED) is 0.616. The molecule has 3 N–H and O–H groups in total. The van der Waals surface area contributed by atoms with Crippen LogP contribution < -0.4 is 11.1 Å². The van der Waals surface area contributed by atoms with Crippen molar-refractivity contribution in [2.24, 2.45) is 11.1 Å². The maximum atomic E-state index is 5.58. The van der Waals surface area contributed by atoms with Crippen LogP contribution in [0.5, 0.6) is 0 Å². The molecule has 1 aliphatic rings. The van der Waals surface area contributed by atoms with Crippen LogP contribution in [0, 0.1) is 5.41 Å². The van der Waals surface area contributed by atoms with Crippen LogP contribution >= 0.6 is 0 Å². The summed E-state index contributed by atoms with van der Waals surface area (Å²) in [5.74, 6) is 0. The van der Waals surface area contributed by atoms with E-state index in [4.69, 9.17) is 5.73 Å². The summed E-state index contributed by atoms with van der Waals surface area (Å²) in [5.41, 5.74) is 6.51. The Labute approximate surface area is 88.6 Å². The Morgan fingerprint density at radius 3 is 2.43 bits per heavy atom. The van der Waals surface area contributed by atoms with Crippen LogP contribution in [0.4, 0.5) is 0 Å². The molecule has 84 valence electrons. The van der Waals surface area contributed by atoms with E-state index in [0.717, 1.165) is 13.0 Å². The lowest BCUT2D eigenvalue weighted by Crippen LogP contribution is -2.29. The molecule has 0 heterocycles. The van der Waals surface area contributed by atoms with Crippen LogP contribution in [0.25, 0.3) is 0 Å². The van der Waals surface area contributed by atoms with Gasteiger partial charge >= 0.3 is 0 Å². The number of nitrogens with two attached hydrogens (primary N) is 1. The largest absolute Gasteiger partial charge is 0.330 e. The first-order valence-electron chi connectivity index (χ1n) is 5.93. The molecule has 0 amide bonds. The molecule has 1 rings (SSSR count). The standard InChI is InChI=1S/C12H26N2/c1-11(2,8-9-13)5-4-10-14-12(3)6-7-12/h14H,4-10,13H2,1-3H3. The lowest BCUT2D eigenvalue weighted by Gasteiger charge is -2.24. The highest BCUT2D eigenvalue weighted by Gasteiger charge is 2.36. The molecule has 0 spiro atoms. The van der Waals surface area contributed by atoms with Crippen molar-refractivity contribution in [1.82, 2.24) is 5.32 Å². The van der Waals surface area contributed by atoms with E-state index >= 15 is 0 Å². The van der Waals surface area contributed by atoms with Crippen molar-refractivity contribution in [2.45, 2.75) is 58.4 Å². The van der Waals surface area contributed by atoms with Gasteiger partial charge < -0.3 is 11.1 Å². The Hall–Kier alpha value is -0.0800. The van der Waals surface area contributed by atoms with E-state index in [0.29, 0.717) is 11.0 Å². The molecule has 0 aromatic rings. The van der Waals surface area contributed by atoms with Crippen LogP contribution in [0.2, 0.25) is 0 Å². The first-order valence-corrected chi connectivity index (χ1v) is 5.93. The maximum absolute atomic E-state index is 5.58. The lowest BCUT2D eigenvalue weighted by molar-refractivity contribution is 0.299. The van der Waals surface area contributed by atoms with Gasteiger partial charge in [0, 0.05) is 5.54 Å². The molecule has 14 heavy (non-hydrogen) atoms. The summed E-state index contributed by atoms with van der Waals surface area (Å²) in [5, 5.41) is 3.62. The monoisotopic (exact) mass is 198 g/mol. The fourth-order valence-electron chi connectivity index (χ4n) is 1.84. The SMILES string of the molecule is CC(C)(CCN)CCCNC1(C)CC1. The van der Waals surface area contributed by atoms with Crippen molar-refractivity contribution in [3.63, 3.8) is 0 Å². The molecule has 0 aliphatic heterocycles. The molecule has 2 nitrogen and oxygen atoms in total. The van der Waals surface area contributed by atoms with Crippen LogP contribution in [0.1, 0.15) is 52.9 Å². The highest BCUT2D eigenvalue weighted by molar-refractivity contribution is 4.97. The van der Waals surface area contributed by atoms with E-state index in [9.17, 15) is 0 Å². The van der Waals surface area contributed by atoms with Gasteiger partial charge in [-0.2, -0.15) is 0 Å². The number of nitrogens with one attached hydrogen (secondary N) is 1. The summed E-state index contributed by atoms with van der Waals surface area (Å²) in [6.45, 7) is 8.94. The zero-order chi connectivity index (χ0) is 10.7. The number of hydrogen-bond acceptors (Lipinski definition) is 2. The van der Waals surface area contributed by atoms with E-state index in [1.54, 1.807) is 0 Å².